The monoisotopic (exact) mass is 518 g/mol. The number of nitro benzene ring substituents is 1. The van der Waals surface area contributed by atoms with Gasteiger partial charge in [0.05, 0.1) is 41.3 Å². The van der Waals surface area contributed by atoms with Gasteiger partial charge in [-0.15, -0.1) is 0 Å². The third-order valence-corrected chi connectivity index (χ3v) is 6.99. The fourth-order valence-corrected chi connectivity index (χ4v) is 4.92. The molecule has 2 aromatic carbocycles. The maximum atomic E-state index is 13.2. The van der Waals surface area contributed by atoms with E-state index in [1.165, 1.54) is 23.1 Å². The van der Waals surface area contributed by atoms with Gasteiger partial charge in [-0.2, -0.15) is 0 Å². The quantitative estimate of drug-likeness (QED) is 0.192. The molecule has 35 heavy (non-hydrogen) atoms. The van der Waals surface area contributed by atoms with Crippen LogP contribution in [-0.4, -0.2) is 59.0 Å². The van der Waals surface area contributed by atoms with Gasteiger partial charge < -0.3 is 15.0 Å². The van der Waals surface area contributed by atoms with Gasteiger partial charge in [-0.3, -0.25) is 24.3 Å². The molecule has 1 aliphatic heterocycles. The van der Waals surface area contributed by atoms with Crippen LogP contribution in [0.5, 0.6) is 0 Å². The summed E-state index contributed by atoms with van der Waals surface area (Å²) in [6.45, 7) is 4.82. The van der Waals surface area contributed by atoms with Crippen molar-refractivity contribution in [1.82, 2.24) is 9.55 Å². The van der Waals surface area contributed by atoms with Crippen LogP contribution < -0.4 is 15.8 Å². The minimum absolute atomic E-state index is 0.00864. The number of quaternary nitrogens is 1. The van der Waals surface area contributed by atoms with Gasteiger partial charge in [0.25, 0.3) is 11.2 Å². The van der Waals surface area contributed by atoms with E-state index in [1.807, 2.05) is 6.07 Å². The first-order chi connectivity index (χ1) is 16.9. The molecule has 2 N–H and O–H groups in total. The zero-order chi connectivity index (χ0) is 24.8. The summed E-state index contributed by atoms with van der Waals surface area (Å²) < 4.78 is 7.04. The maximum absolute atomic E-state index is 13.2. The SMILES string of the molecule is O=C(CSc1nc2ccccc2c(=O)n1CCC[NH+]1CCOCC1)Nc1ccc(Cl)c([N+](=O)[O-])c1. The first kappa shape index (κ1) is 25.1. The summed E-state index contributed by atoms with van der Waals surface area (Å²) in [7, 11) is 0. The van der Waals surface area contributed by atoms with Crippen LogP contribution in [0.25, 0.3) is 10.9 Å². The van der Waals surface area contributed by atoms with Crippen LogP contribution in [0.4, 0.5) is 11.4 Å². The molecule has 12 heteroatoms. The summed E-state index contributed by atoms with van der Waals surface area (Å²) in [5, 5.41) is 14.7. The molecule has 0 spiro atoms. The second kappa shape index (κ2) is 11.6. The molecule has 184 valence electrons. The lowest BCUT2D eigenvalue weighted by Crippen LogP contribution is -3.14. The van der Waals surface area contributed by atoms with Gasteiger partial charge in [0.15, 0.2) is 5.16 Å². The van der Waals surface area contributed by atoms with Crippen molar-refractivity contribution in [2.45, 2.75) is 18.1 Å². The summed E-state index contributed by atoms with van der Waals surface area (Å²) >= 11 is 6.99. The molecule has 0 bridgehead atoms. The average Bonchev–Trinajstić information content (AvgIpc) is 2.86. The second-order valence-electron chi connectivity index (χ2n) is 8.09. The zero-order valence-corrected chi connectivity index (χ0v) is 20.4. The lowest BCUT2D eigenvalue weighted by atomic mass is 10.2. The van der Waals surface area contributed by atoms with Gasteiger partial charge in [0.1, 0.15) is 18.1 Å². The number of nitrogens with zero attached hydrogens (tertiary/aromatic N) is 3. The van der Waals surface area contributed by atoms with Crippen molar-refractivity contribution in [3.63, 3.8) is 0 Å². The minimum Gasteiger partial charge on any atom is -0.370 e. The molecule has 0 radical (unpaired) electrons. The first-order valence-electron chi connectivity index (χ1n) is 11.2. The van der Waals surface area contributed by atoms with E-state index >= 15 is 0 Å². The first-order valence-corrected chi connectivity index (χ1v) is 12.6. The highest BCUT2D eigenvalue weighted by atomic mass is 35.5. The lowest BCUT2D eigenvalue weighted by Gasteiger charge is -2.24. The van der Waals surface area contributed by atoms with Crippen LogP contribution in [0.2, 0.25) is 5.02 Å². The van der Waals surface area contributed by atoms with E-state index in [4.69, 9.17) is 16.3 Å². The Morgan fingerprint density at radius 1 is 1.26 bits per heavy atom. The highest BCUT2D eigenvalue weighted by molar-refractivity contribution is 7.99. The Morgan fingerprint density at radius 2 is 2.03 bits per heavy atom. The van der Waals surface area contributed by atoms with Gasteiger partial charge in [-0.1, -0.05) is 35.5 Å². The Hall–Kier alpha value is -2.99. The lowest BCUT2D eigenvalue weighted by molar-refractivity contribution is -0.908. The highest BCUT2D eigenvalue weighted by Gasteiger charge is 2.17. The van der Waals surface area contributed by atoms with Gasteiger partial charge in [-0.25, -0.2) is 4.98 Å². The molecule has 1 aromatic heterocycles. The number of para-hydroxylation sites is 1. The molecule has 2 heterocycles. The summed E-state index contributed by atoms with van der Waals surface area (Å²) in [5.74, 6) is -0.394. The number of rotatable bonds is 9. The number of halogens is 1. The number of fused-ring (bicyclic) bond motifs is 1. The van der Waals surface area contributed by atoms with Gasteiger partial charge in [-0.05, 0) is 24.3 Å². The number of nitro groups is 1. The van der Waals surface area contributed by atoms with Gasteiger partial charge in [0.2, 0.25) is 5.91 Å². The third kappa shape index (κ3) is 6.37. The summed E-state index contributed by atoms with van der Waals surface area (Å²) in [6.07, 6.45) is 0.795. The van der Waals surface area contributed by atoms with Crippen LogP contribution in [0, 0.1) is 10.1 Å². The van der Waals surface area contributed by atoms with E-state index in [-0.39, 0.29) is 33.6 Å². The molecular formula is C23H25ClN5O5S+. The van der Waals surface area contributed by atoms with Crippen molar-refractivity contribution in [1.29, 1.82) is 0 Å². The number of morpholine rings is 1. The number of carbonyl (C=O) groups is 1. The molecule has 1 amide bonds. The number of carbonyl (C=O) groups excluding carboxylic acids is 1. The molecule has 1 saturated heterocycles. The number of benzene rings is 2. The molecule has 10 nitrogen and oxygen atoms in total. The standard InChI is InChI=1S/C23H24ClN5O5S/c24-18-7-6-16(14-20(18)29(32)33)25-21(30)15-35-23-26-19-5-2-1-4-17(19)22(31)28(23)9-3-8-27-10-12-34-13-11-27/h1-2,4-7,14H,3,8-13,15H2,(H,25,30)/p+1. The number of anilines is 1. The van der Waals surface area contributed by atoms with Crippen molar-refractivity contribution < 1.29 is 19.4 Å². The number of ether oxygens (including phenoxy) is 1. The molecule has 0 unspecified atom stereocenters. The number of nitrogens with one attached hydrogen (secondary N) is 2. The Balaban J connectivity index is 1.47. The maximum Gasteiger partial charge on any atom is 0.289 e. The van der Waals surface area contributed by atoms with Crippen molar-refractivity contribution in [2.75, 3.05) is 43.9 Å². The predicted molar refractivity (Wildman–Crippen MR) is 134 cm³/mol. The molecule has 1 fully saturated rings. The van der Waals surface area contributed by atoms with E-state index in [2.05, 4.69) is 10.3 Å². The smallest absolute Gasteiger partial charge is 0.289 e. The Labute approximate surface area is 210 Å². The Bertz CT molecular complexity index is 1300. The molecule has 0 atom stereocenters. The minimum atomic E-state index is -0.608. The van der Waals surface area contributed by atoms with E-state index in [9.17, 15) is 19.7 Å². The zero-order valence-electron chi connectivity index (χ0n) is 18.9. The molecule has 4 rings (SSSR count). The van der Waals surface area contributed by atoms with E-state index < -0.39 is 4.92 Å². The summed E-state index contributed by atoms with van der Waals surface area (Å²) in [4.78, 5) is 42.3. The fourth-order valence-electron chi connectivity index (χ4n) is 3.91. The molecular weight excluding hydrogens is 494 g/mol. The number of hydrogen-bond donors (Lipinski definition) is 2. The highest BCUT2D eigenvalue weighted by Crippen LogP contribution is 2.27. The van der Waals surface area contributed by atoms with Crippen molar-refractivity contribution >= 4 is 51.5 Å². The van der Waals surface area contributed by atoms with Crippen molar-refractivity contribution in [3.8, 4) is 0 Å². The fraction of sp³-hybridized carbons (Fsp3) is 0.348. The Kier molecular flexibility index (Phi) is 8.34. The van der Waals surface area contributed by atoms with Crippen molar-refractivity contribution in [3.05, 3.63) is 68.0 Å². The van der Waals surface area contributed by atoms with Crippen LogP contribution >= 0.6 is 23.4 Å². The number of aromatic nitrogens is 2. The number of amides is 1. The third-order valence-electron chi connectivity index (χ3n) is 5.70. The molecule has 0 saturated carbocycles. The molecule has 1 aliphatic rings. The van der Waals surface area contributed by atoms with E-state index in [0.29, 0.717) is 22.6 Å². The number of hydrogen-bond acceptors (Lipinski definition) is 7. The largest absolute Gasteiger partial charge is 0.370 e. The van der Waals surface area contributed by atoms with Crippen LogP contribution in [-0.2, 0) is 16.1 Å². The van der Waals surface area contributed by atoms with Crippen molar-refractivity contribution in [2.24, 2.45) is 0 Å². The number of thioether (sulfide) groups is 1. The molecule has 0 aliphatic carbocycles. The molecule has 3 aromatic rings. The van der Waals surface area contributed by atoms with Gasteiger partial charge in [0, 0.05) is 24.7 Å². The van der Waals surface area contributed by atoms with Crippen LogP contribution in [0.15, 0.2) is 52.4 Å². The van der Waals surface area contributed by atoms with Crippen LogP contribution in [0.3, 0.4) is 0 Å². The topological polar surface area (TPSA) is 121 Å². The second-order valence-corrected chi connectivity index (χ2v) is 9.44. The normalized spacial score (nSPS) is 14.2. The van der Waals surface area contributed by atoms with Gasteiger partial charge >= 0.3 is 0 Å². The average molecular weight is 519 g/mol. The van der Waals surface area contributed by atoms with Crippen LogP contribution in [0.1, 0.15) is 6.42 Å². The summed E-state index contributed by atoms with van der Waals surface area (Å²) in [6, 6.07) is 11.2. The Morgan fingerprint density at radius 3 is 2.80 bits per heavy atom. The van der Waals surface area contributed by atoms with E-state index in [1.54, 1.807) is 22.8 Å². The summed E-state index contributed by atoms with van der Waals surface area (Å²) in [5.41, 5.74) is 0.418. The van der Waals surface area contributed by atoms with E-state index in [0.717, 1.165) is 51.0 Å². The predicted octanol–water partition coefficient (Wildman–Crippen LogP) is 1.99.